The van der Waals surface area contributed by atoms with E-state index in [0.717, 1.165) is 0 Å². The molecule has 1 unspecified atom stereocenters. The number of likely N-dealkylation sites (tertiary alicyclic amines) is 1. The standard InChI is InChI=1S/C28H29ClFN5O6/c1-14-18(11-32-25-24(14)35(6-7-39-25)27(38)41-28(2,3)4)17-8-15-9-20(31-12-19(15)22(29)23(17)30)33-26(37)40-16-10-21(36)34(5)13-16/h8-9,11-12,16H,6-7,10,13H2,1-5H3,(H,31,33,37). The molecule has 41 heavy (non-hydrogen) atoms. The summed E-state index contributed by atoms with van der Waals surface area (Å²) in [6, 6.07) is 3.10. The van der Waals surface area contributed by atoms with Gasteiger partial charge in [0, 0.05) is 36.0 Å². The molecule has 4 heterocycles. The van der Waals surface area contributed by atoms with Crippen molar-refractivity contribution in [2.45, 2.75) is 45.8 Å². The van der Waals surface area contributed by atoms with Crippen LogP contribution in [0.2, 0.25) is 5.02 Å². The topological polar surface area (TPSA) is 123 Å². The van der Waals surface area contributed by atoms with Crippen molar-refractivity contribution < 1.29 is 33.0 Å². The highest BCUT2D eigenvalue weighted by Gasteiger charge is 2.33. The van der Waals surface area contributed by atoms with Crippen LogP contribution in [0.3, 0.4) is 0 Å². The fourth-order valence-corrected chi connectivity index (χ4v) is 5.05. The maximum atomic E-state index is 15.7. The van der Waals surface area contributed by atoms with Crippen LogP contribution in [0.25, 0.3) is 21.9 Å². The van der Waals surface area contributed by atoms with E-state index >= 15 is 4.39 Å². The van der Waals surface area contributed by atoms with Crippen molar-refractivity contribution in [2.75, 3.05) is 37.0 Å². The number of amides is 3. The number of hydrogen-bond donors (Lipinski definition) is 1. The lowest BCUT2D eigenvalue weighted by Crippen LogP contribution is -2.42. The van der Waals surface area contributed by atoms with Crippen molar-refractivity contribution in [1.29, 1.82) is 0 Å². The van der Waals surface area contributed by atoms with Gasteiger partial charge in [-0.15, -0.1) is 0 Å². The van der Waals surface area contributed by atoms with Gasteiger partial charge in [0.05, 0.1) is 24.5 Å². The Morgan fingerprint density at radius 2 is 1.95 bits per heavy atom. The van der Waals surface area contributed by atoms with Gasteiger partial charge in [-0.25, -0.2) is 23.9 Å². The molecular formula is C28H29ClFN5O6. The van der Waals surface area contributed by atoms with Crippen molar-refractivity contribution in [3.8, 4) is 17.0 Å². The summed E-state index contributed by atoms with van der Waals surface area (Å²) in [6.45, 7) is 7.81. The average Bonchev–Trinajstić information content (AvgIpc) is 3.21. The Morgan fingerprint density at radius 1 is 1.20 bits per heavy atom. The normalized spacial score (nSPS) is 16.9. The Morgan fingerprint density at radius 3 is 2.63 bits per heavy atom. The van der Waals surface area contributed by atoms with Gasteiger partial charge in [0.15, 0.2) is 0 Å². The molecule has 3 aromatic rings. The molecule has 1 aromatic carbocycles. The number of likely N-dealkylation sites (N-methyl/N-ethyl adjacent to an activating group) is 1. The number of benzene rings is 1. The highest BCUT2D eigenvalue weighted by Crippen LogP contribution is 2.42. The van der Waals surface area contributed by atoms with E-state index in [1.54, 1.807) is 40.8 Å². The maximum absolute atomic E-state index is 15.7. The lowest BCUT2D eigenvalue weighted by Gasteiger charge is -2.32. The molecule has 2 aromatic heterocycles. The van der Waals surface area contributed by atoms with Gasteiger partial charge < -0.3 is 19.1 Å². The van der Waals surface area contributed by atoms with Crippen molar-refractivity contribution in [1.82, 2.24) is 14.9 Å². The predicted molar refractivity (Wildman–Crippen MR) is 150 cm³/mol. The van der Waals surface area contributed by atoms with Crippen LogP contribution in [0.1, 0.15) is 32.8 Å². The van der Waals surface area contributed by atoms with E-state index < -0.39 is 29.7 Å². The molecule has 0 spiro atoms. The van der Waals surface area contributed by atoms with Crippen LogP contribution in [0, 0.1) is 12.7 Å². The summed E-state index contributed by atoms with van der Waals surface area (Å²) in [5.74, 6) is -0.413. The molecule has 0 bridgehead atoms. The summed E-state index contributed by atoms with van der Waals surface area (Å²) in [6.07, 6.45) is 1.02. The number of carbonyl (C=O) groups is 3. The Bertz CT molecular complexity index is 1580. The monoisotopic (exact) mass is 585 g/mol. The second kappa shape index (κ2) is 10.7. The second-order valence-electron chi connectivity index (χ2n) is 10.9. The van der Waals surface area contributed by atoms with E-state index in [-0.39, 0.29) is 47.8 Å². The molecular weight excluding hydrogens is 557 g/mol. The fraction of sp³-hybridized carbons (Fsp3) is 0.393. The highest BCUT2D eigenvalue weighted by atomic mass is 35.5. The molecule has 2 aliphatic heterocycles. The van der Waals surface area contributed by atoms with Gasteiger partial charge in [-0.2, -0.15) is 0 Å². The summed E-state index contributed by atoms with van der Waals surface area (Å²) < 4.78 is 32.2. The smallest absolute Gasteiger partial charge is 0.415 e. The van der Waals surface area contributed by atoms with E-state index in [1.165, 1.54) is 28.3 Å². The van der Waals surface area contributed by atoms with Crippen LogP contribution < -0.4 is 15.0 Å². The number of fused-ring (bicyclic) bond motifs is 2. The van der Waals surface area contributed by atoms with Crippen LogP contribution in [-0.4, -0.2) is 71.4 Å². The fourth-order valence-electron chi connectivity index (χ4n) is 4.79. The number of halogens is 2. The third-order valence-electron chi connectivity index (χ3n) is 6.71. The maximum Gasteiger partial charge on any atom is 0.415 e. The molecule has 11 nitrogen and oxygen atoms in total. The molecule has 1 N–H and O–H groups in total. The van der Waals surface area contributed by atoms with Gasteiger partial charge in [0.25, 0.3) is 0 Å². The summed E-state index contributed by atoms with van der Waals surface area (Å²) in [4.78, 5) is 48.6. The van der Waals surface area contributed by atoms with E-state index in [4.69, 9.17) is 25.8 Å². The zero-order chi connectivity index (χ0) is 29.6. The van der Waals surface area contributed by atoms with Gasteiger partial charge in [-0.1, -0.05) is 11.6 Å². The largest absolute Gasteiger partial charge is 0.474 e. The summed E-state index contributed by atoms with van der Waals surface area (Å²) >= 11 is 6.43. The molecule has 1 atom stereocenters. The highest BCUT2D eigenvalue weighted by molar-refractivity contribution is 6.36. The number of anilines is 2. The first-order valence-electron chi connectivity index (χ1n) is 12.9. The summed E-state index contributed by atoms with van der Waals surface area (Å²) in [5, 5.41) is 3.21. The Labute approximate surface area is 240 Å². The number of rotatable bonds is 3. The number of pyridine rings is 2. The van der Waals surface area contributed by atoms with Gasteiger partial charge >= 0.3 is 12.2 Å². The Hall–Kier alpha value is -4.19. The molecule has 2 aliphatic rings. The van der Waals surface area contributed by atoms with Crippen LogP contribution in [-0.2, 0) is 14.3 Å². The van der Waals surface area contributed by atoms with Gasteiger partial charge in [0.2, 0.25) is 11.8 Å². The number of ether oxygens (including phenoxy) is 3. The van der Waals surface area contributed by atoms with E-state index in [9.17, 15) is 14.4 Å². The molecule has 13 heteroatoms. The van der Waals surface area contributed by atoms with Crippen molar-refractivity contribution >= 4 is 52.0 Å². The molecule has 1 fully saturated rings. The minimum absolute atomic E-state index is 0.108. The Balaban J connectivity index is 1.48. The molecule has 0 saturated carbocycles. The number of nitrogens with zero attached hydrogens (tertiary/aromatic N) is 4. The SMILES string of the molecule is Cc1c(-c2cc3cc(NC(=O)OC4CC(=O)N(C)C4)ncc3c(Cl)c2F)cnc2c1N(C(=O)OC(C)(C)C)CCO2. The molecule has 0 aliphatic carbocycles. The van der Waals surface area contributed by atoms with E-state index in [0.29, 0.717) is 34.1 Å². The Kier molecular flexibility index (Phi) is 7.37. The van der Waals surface area contributed by atoms with Crippen LogP contribution in [0.5, 0.6) is 5.88 Å². The molecule has 0 radical (unpaired) electrons. The molecule has 5 rings (SSSR count). The zero-order valence-electron chi connectivity index (χ0n) is 23.2. The zero-order valence-corrected chi connectivity index (χ0v) is 24.0. The first kappa shape index (κ1) is 28.3. The van der Waals surface area contributed by atoms with Crippen molar-refractivity contribution in [3.63, 3.8) is 0 Å². The summed E-state index contributed by atoms with van der Waals surface area (Å²) in [7, 11) is 1.64. The third-order valence-corrected chi connectivity index (χ3v) is 7.08. The number of aromatic nitrogens is 2. The van der Waals surface area contributed by atoms with Crippen molar-refractivity contribution in [3.05, 3.63) is 40.9 Å². The van der Waals surface area contributed by atoms with Crippen molar-refractivity contribution in [2.24, 2.45) is 0 Å². The average molecular weight is 586 g/mol. The van der Waals surface area contributed by atoms with Gasteiger partial charge in [0.1, 0.15) is 35.6 Å². The third kappa shape index (κ3) is 5.69. The van der Waals surface area contributed by atoms with Crippen LogP contribution >= 0.6 is 11.6 Å². The number of nitrogens with one attached hydrogen (secondary N) is 1. The minimum atomic E-state index is -0.768. The lowest BCUT2D eigenvalue weighted by atomic mass is 9.97. The van der Waals surface area contributed by atoms with Crippen LogP contribution in [0.15, 0.2) is 24.5 Å². The summed E-state index contributed by atoms with van der Waals surface area (Å²) in [5.41, 5.74) is 0.738. The predicted octanol–water partition coefficient (Wildman–Crippen LogP) is 5.31. The molecule has 1 saturated heterocycles. The van der Waals surface area contributed by atoms with E-state index in [2.05, 4.69) is 15.3 Å². The molecule has 216 valence electrons. The quantitative estimate of drug-likeness (QED) is 0.439. The van der Waals surface area contributed by atoms with Gasteiger partial charge in [-0.05, 0) is 50.8 Å². The minimum Gasteiger partial charge on any atom is -0.474 e. The first-order valence-corrected chi connectivity index (χ1v) is 13.3. The molecule has 3 amide bonds. The van der Waals surface area contributed by atoms with E-state index in [1.807, 2.05) is 0 Å². The number of carbonyl (C=O) groups excluding carboxylic acids is 3. The number of hydrogen-bond acceptors (Lipinski definition) is 8. The van der Waals surface area contributed by atoms with Crippen LogP contribution in [0.4, 0.5) is 25.5 Å². The second-order valence-corrected chi connectivity index (χ2v) is 11.3. The lowest BCUT2D eigenvalue weighted by molar-refractivity contribution is -0.126. The van der Waals surface area contributed by atoms with Gasteiger partial charge in [-0.3, -0.25) is 15.0 Å². The first-order chi connectivity index (χ1) is 19.3.